The summed E-state index contributed by atoms with van der Waals surface area (Å²) in [5.74, 6) is -2.01. The van der Waals surface area contributed by atoms with Gasteiger partial charge in [-0.05, 0) is 77.0 Å². The minimum atomic E-state index is -4.61. The van der Waals surface area contributed by atoms with E-state index in [1.807, 2.05) is 0 Å². The number of allylic oxidation sites excluding steroid dienone is 10. The molecule has 6 atom stereocenters. The molecule has 0 aromatic carbocycles. The van der Waals surface area contributed by atoms with E-state index in [0.29, 0.717) is 12.8 Å². The second-order valence-electron chi connectivity index (χ2n) is 18.5. The van der Waals surface area contributed by atoms with E-state index >= 15 is 0 Å². The number of esters is 2. The highest BCUT2D eigenvalue weighted by molar-refractivity contribution is 7.85. The van der Waals surface area contributed by atoms with Crippen LogP contribution < -0.4 is 0 Å². The number of aliphatic hydroxyl groups excluding tert-OH is 3. The van der Waals surface area contributed by atoms with E-state index < -0.39 is 71.2 Å². The zero-order valence-electron chi connectivity index (χ0n) is 42.4. The first-order valence-corrected chi connectivity index (χ1v) is 28.5. The largest absolute Gasteiger partial charge is 0.462 e. The summed E-state index contributed by atoms with van der Waals surface area (Å²) < 4.78 is 54.3. The van der Waals surface area contributed by atoms with Crippen LogP contribution in [0.25, 0.3) is 0 Å². The Bertz CT molecular complexity index is 1470. The molecule has 1 heterocycles. The van der Waals surface area contributed by atoms with Gasteiger partial charge in [0.1, 0.15) is 36.8 Å². The fourth-order valence-electron chi connectivity index (χ4n) is 7.96. The SMILES string of the molecule is CC/C=C\C/C=C\C/C=C\C/C=C\CCCCCCC(=O)OC(COC(=O)CCCCCCCCCCCCC/C=C\CCCCCCCCCC)COC1OC(CS(=O)(=O)O)C(O)C(O)C1O. The third-order valence-corrected chi connectivity index (χ3v) is 12.8. The summed E-state index contributed by atoms with van der Waals surface area (Å²) >= 11 is 0. The fourth-order valence-corrected chi connectivity index (χ4v) is 8.65. The van der Waals surface area contributed by atoms with Crippen molar-refractivity contribution in [3.63, 3.8) is 0 Å². The van der Waals surface area contributed by atoms with Gasteiger partial charge in [0.2, 0.25) is 0 Å². The number of carbonyl (C=O) groups is 2. The van der Waals surface area contributed by atoms with Crippen molar-refractivity contribution in [2.24, 2.45) is 0 Å². The number of unbranched alkanes of at least 4 members (excludes halogenated alkanes) is 23. The van der Waals surface area contributed by atoms with Crippen molar-refractivity contribution < 1.29 is 56.8 Å². The van der Waals surface area contributed by atoms with E-state index in [0.717, 1.165) is 70.6 Å². The van der Waals surface area contributed by atoms with Gasteiger partial charge in [-0.2, -0.15) is 8.42 Å². The highest BCUT2D eigenvalue weighted by atomic mass is 32.2. The van der Waals surface area contributed by atoms with Crippen LogP contribution in [0.4, 0.5) is 0 Å². The van der Waals surface area contributed by atoms with Crippen molar-refractivity contribution in [1.82, 2.24) is 0 Å². The molecule has 68 heavy (non-hydrogen) atoms. The van der Waals surface area contributed by atoms with E-state index in [1.165, 1.54) is 109 Å². The first-order chi connectivity index (χ1) is 33.0. The molecule has 0 aromatic rings. The van der Waals surface area contributed by atoms with Crippen molar-refractivity contribution in [3.8, 4) is 0 Å². The number of aliphatic hydroxyl groups is 3. The van der Waals surface area contributed by atoms with E-state index in [1.54, 1.807) is 0 Å². The molecule has 12 nitrogen and oxygen atoms in total. The molecular formula is C55H96O12S. The van der Waals surface area contributed by atoms with Crippen LogP contribution in [0.15, 0.2) is 60.8 Å². The zero-order valence-corrected chi connectivity index (χ0v) is 43.3. The second-order valence-corrected chi connectivity index (χ2v) is 20.0. The van der Waals surface area contributed by atoms with Crippen molar-refractivity contribution in [1.29, 1.82) is 0 Å². The Kier molecular flexibility index (Phi) is 41.3. The van der Waals surface area contributed by atoms with Crippen molar-refractivity contribution >= 4 is 22.1 Å². The molecule has 0 saturated carbocycles. The Morgan fingerprint density at radius 1 is 0.515 bits per heavy atom. The molecule has 1 rings (SSSR count). The minimum Gasteiger partial charge on any atom is -0.462 e. The summed E-state index contributed by atoms with van der Waals surface area (Å²) in [5.41, 5.74) is 0. The van der Waals surface area contributed by atoms with Crippen LogP contribution in [0.2, 0.25) is 0 Å². The van der Waals surface area contributed by atoms with Crippen molar-refractivity contribution in [2.45, 2.75) is 256 Å². The summed E-state index contributed by atoms with van der Waals surface area (Å²) in [4.78, 5) is 25.6. The molecule has 1 aliphatic heterocycles. The first kappa shape index (κ1) is 63.4. The lowest BCUT2D eigenvalue weighted by Gasteiger charge is -2.40. The lowest BCUT2D eigenvalue weighted by atomic mass is 10.00. The molecule has 0 aromatic heterocycles. The van der Waals surface area contributed by atoms with E-state index in [2.05, 4.69) is 74.6 Å². The molecule has 0 amide bonds. The van der Waals surface area contributed by atoms with Crippen LogP contribution in [0.3, 0.4) is 0 Å². The number of ether oxygens (including phenoxy) is 4. The Morgan fingerprint density at radius 2 is 0.926 bits per heavy atom. The van der Waals surface area contributed by atoms with Gasteiger partial charge in [0, 0.05) is 12.8 Å². The minimum absolute atomic E-state index is 0.135. The van der Waals surface area contributed by atoms with Crippen molar-refractivity contribution in [3.05, 3.63) is 60.8 Å². The average molecular weight is 981 g/mol. The summed E-state index contributed by atoms with van der Waals surface area (Å²) in [7, 11) is -4.61. The highest BCUT2D eigenvalue weighted by Gasteiger charge is 2.46. The fraction of sp³-hybridized carbons (Fsp3) is 0.782. The van der Waals surface area contributed by atoms with Crippen molar-refractivity contribution in [2.75, 3.05) is 19.0 Å². The Morgan fingerprint density at radius 3 is 1.40 bits per heavy atom. The molecule has 394 valence electrons. The van der Waals surface area contributed by atoms with Gasteiger partial charge in [0.05, 0.1) is 6.61 Å². The van der Waals surface area contributed by atoms with E-state index in [9.17, 15) is 37.9 Å². The lowest BCUT2D eigenvalue weighted by Crippen LogP contribution is -2.60. The summed E-state index contributed by atoms with van der Waals surface area (Å²) in [5, 5.41) is 31.0. The van der Waals surface area contributed by atoms with Gasteiger partial charge in [0.25, 0.3) is 10.1 Å². The topological polar surface area (TPSA) is 186 Å². The number of rotatable bonds is 45. The number of hydrogen-bond donors (Lipinski definition) is 4. The number of hydrogen-bond acceptors (Lipinski definition) is 11. The molecule has 1 saturated heterocycles. The summed E-state index contributed by atoms with van der Waals surface area (Å²) in [6.07, 6.45) is 46.9. The molecule has 1 fully saturated rings. The number of carbonyl (C=O) groups excluding carboxylic acids is 2. The van der Waals surface area contributed by atoms with Gasteiger partial charge in [-0.3, -0.25) is 14.1 Å². The maximum Gasteiger partial charge on any atom is 0.306 e. The molecule has 4 N–H and O–H groups in total. The lowest BCUT2D eigenvalue weighted by molar-refractivity contribution is -0.297. The van der Waals surface area contributed by atoms with Crippen LogP contribution >= 0.6 is 0 Å². The van der Waals surface area contributed by atoms with Crippen LogP contribution in [-0.4, -0.2) is 96.0 Å². The molecular weight excluding hydrogens is 885 g/mol. The van der Waals surface area contributed by atoms with Gasteiger partial charge in [-0.25, -0.2) is 0 Å². The molecule has 0 spiro atoms. The maximum absolute atomic E-state index is 12.9. The van der Waals surface area contributed by atoms with Crippen LogP contribution in [0.5, 0.6) is 0 Å². The van der Waals surface area contributed by atoms with Gasteiger partial charge in [-0.1, -0.05) is 190 Å². The smallest absolute Gasteiger partial charge is 0.306 e. The quantitative estimate of drug-likeness (QED) is 0.0196. The first-order valence-electron chi connectivity index (χ1n) is 26.8. The predicted molar refractivity (Wildman–Crippen MR) is 275 cm³/mol. The molecule has 13 heteroatoms. The van der Waals surface area contributed by atoms with Crippen LogP contribution in [-0.2, 0) is 38.7 Å². The van der Waals surface area contributed by atoms with Crippen LogP contribution in [0.1, 0.15) is 219 Å². The average Bonchev–Trinajstić information content (AvgIpc) is 3.31. The van der Waals surface area contributed by atoms with Gasteiger partial charge in [0.15, 0.2) is 12.4 Å². The third-order valence-electron chi connectivity index (χ3n) is 12.1. The Labute approximate surface area is 413 Å². The van der Waals surface area contributed by atoms with E-state index in [4.69, 9.17) is 18.9 Å². The second kappa shape index (κ2) is 44.3. The molecule has 1 aliphatic rings. The zero-order chi connectivity index (χ0) is 49.8. The third kappa shape index (κ3) is 38.1. The summed E-state index contributed by atoms with van der Waals surface area (Å²) in [6, 6.07) is 0. The monoisotopic (exact) mass is 981 g/mol. The van der Waals surface area contributed by atoms with Gasteiger partial charge >= 0.3 is 11.9 Å². The van der Waals surface area contributed by atoms with Crippen LogP contribution in [0, 0.1) is 0 Å². The molecule has 0 aliphatic carbocycles. The standard InChI is InChI=1S/C55H96O12S/c1-3-5-7-9-11-13-15-17-19-21-22-23-24-25-26-28-29-31-33-35-37-39-41-43-50(56)64-45-48(46-65-55-54(60)53(59)52(58)49(67-55)47-68(61,62)63)66-51(57)44-42-40-38-36-34-32-30-27-20-18-16-14-12-10-8-6-4-2/h6,8,12,14,18,20-22,30,32,48-49,52-55,58-60H,3-5,7,9-11,13,15-17,19,23-29,31,33-47H2,1-2H3,(H,61,62,63)/b8-6-,14-12-,20-18-,22-21-,32-30-. The predicted octanol–water partition coefficient (Wildman–Crippen LogP) is 12.5. The Balaban J connectivity index is 2.35. The normalized spacial score (nSPS) is 19.6. The van der Waals surface area contributed by atoms with Gasteiger partial charge in [-0.15, -0.1) is 0 Å². The Hall–Kier alpha value is -2.65. The van der Waals surface area contributed by atoms with Gasteiger partial charge < -0.3 is 34.3 Å². The summed E-state index contributed by atoms with van der Waals surface area (Å²) in [6.45, 7) is 3.65. The molecule has 0 bridgehead atoms. The van der Waals surface area contributed by atoms with E-state index in [-0.39, 0.29) is 19.4 Å². The highest BCUT2D eigenvalue weighted by Crippen LogP contribution is 2.24. The molecule has 6 unspecified atom stereocenters. The maximum atomic E-state index is 12.9. The molecule has 0 radical (unpaired) electrons.